The molecule has 3 rings (SSSR count). The van der Waals surface area contributed by atoms with E-state index in [1.165, 1.54) is 0 Å². The van der Waals surface area contributed by atoms with Crippen molar-refractivity contribution >= 4 is 5.91 Å². The molecule has 1 amide bonds. The molecule has 1 atom stereocenters. The number of amides is 1. The predicted molar refractivity (Wildman–Crippen MR) is 94.7 cm³/mol. The third-order valence-corrected chi connectivity index (χ3v) is 5.24. The van der Waals surface area contributed by atoms with E-state index in [2.05, 4.69) is 24.1 Å². The van der Waals surface area contributed by atoms with Crippen LogP contribution in [0.25, 0.3) is 0 Å². The van der Waals surface area contributed by atoms with Gasteiger partial charge in [0.05, 0.1) is 19.3 Å². The largest absolute Gasteiger partial charge is 0.455 e. The fourth-order valence-corrected chi connectivity index (χ4v) is 3.91. The lowest BCUT2D eigenvalue weighted by atomic mass is 9.75. The maximum absolute atomic E-state index is 12.5. The molecule has 0 aromatic carbocycles. The van der Waals surface area contributed by atoms with Crippen LogP contribution in [0.15, 0.2) is 4.42 Å². The van der Waals surface area contributed by atoms with E-state index in [-0.39, 0.29) is 11.3 Å². The van der Waals surface area contributed by atoms with E-state index in [0.717, 1.165) is 62.6 Å². The molecule has 0 radical (unpaired) electrons. The number of carbonyl (C=O) groups excluding carboxylic acids is 1. The van der Waals surface area contributed by atoms with Crippen molar-refractivity contribution in [3.63, 3.8) is 0 Å². The van der Waals surface area contributed by atoms with E-state index < -0.39 is 6.10 Å². The van der Waals surface area contributed by atoms with Crippen LogP contribution in [0.1, 0.15) is 60.2 Å². The van der Waals surface area contributed by atoms with E-state index in [1.807, 2.05) is 6.92 Å². The van der Waals surface area contributed by atoms with Crippen molar-refractivity contribution in [2.75, 3.05) is 39.4 Å². The average Bonchev–Trinajstić information content (AvgIpc) is 2.88. The van der Waals surface area contributed by atoms with Gasteiger partial charge in [-0.05, 0) is 31.7 Å². The fourth-order valence-electron chi connectivity index (χ4n) is 3.91. The molecule has 25 heavy (non-hydrogen) atoms. The Bertz CT molecular complexity index is 617. The zero-order valence-corrected chi connectivity index (χ0v) is 15.6. The Morgan fingerprint density at radius 1 is 1.36 bits per heavy atom. The molecular weight excluding hydrogens is 320 g/mol. The van der Waals surface area contributed by atoms with Crippen LogP contribution in [0.2, 0.25) is 0 Å². The third kappa shape index (κ3) is 4.25. The van der Waals surface area contributed by atoms with Crippen molar-refractivity contribution < 1.29 is 19.1 Å². The first-order valence-electron chi connectivity index (χ1n) is 9.26. The van der Waals surface area contributed by atoms with Crippen LogP contribution in [-0.4, -0.2) is 55.3 Å². The Balaban J connectivity index is 1.56. The number of furan rings is 1. The van der Waals surface area contributed by atoms with Crippen LogP contribution in [0.5, 0.6) is 0 Å². The first-order chi connectivity index (χ1) is 11.9. The molecule has 2 aliphatic rings. The highest BCUT2D eigenvalue weighted by Gasteiger charge is 2.37. The fraction of sp³-hybridized carbons (Fsp3) is 0.737. The zero-order chi connectivity index (χ0) is 18.0. The number of morpholine rings is 1. The van der Waals surface area contributed by atoms with Gasteiger partial charge in [0.1, 0.15) is 5.76 Å². The molecule has 1 unspecified atom stereocenters. The second-order valence-corrected chi connectivity index (χ2v) is 8.02. The van der Waals surface area contributed by atoms with E-state index >= 15 is 0 Å². The molecule has 1 aliphatic carbocycles. The highest BCUT2D eigenvalue weighted by atomic mass is 16.5. The predicted octanol–water partition coefficient (Wildman–Crippen LogP) is 2.05. The molecule has 0 bridgehead atoms. The van der Waals surface area contributed by atoms with Crippen LogP contribution in [0.3, 0.4) is 0 Å². The SMILES string of the molecule is Cc1c(C(=O)NCCCN2CCOCC2)oc2c1C(O)CC(C)(C)C2. The Kier molecular flexibility index (Phi) is 5.51. The molecule has 1 fully saturated rings. The van der Waals surface area contributed by atoms with E-state index in [4.69, 9.17) is 9.15 Å². The molecule has 1 saturated heterocycles. The number of nitrogens with zero attached hydrogens (tertiary/aromatic N) is 1. The molecule has 1 aromatic heterocycles. The number of hydrogen-bond acceptors (Lipinski definition) is 5. The normalized spacial score (nSPS) is 23.3. The van der Waals surface area contributed by atoms with Gasteiger partial charge in [-0.3, -0.25) is 9.69 Å². The van der Waals surface area contributed by atoms with Crippen molar-refractivity contribution in [2.24, 2.45) is 5.41 Å². The standard InChI is InChI=1S/C19H30N2O4/c1-13-16-14(22)11-19(2,3)12-15(16)25-17(13)18(23)20-5-4-6-21-7-9-24-10-8-21/h14,22H,4-12H2,1-3H3,(H,20,23). The summed E-state index contributed by atoms with van der Waals surface area (Å²) in [6.45, 7) is 11.2. The first kappa shape index (κ1) is 18.4. The minimum absolute atomic E-state index is 0.0113. The molecule has 0 spiro atoms. The Hall–Kier alpha value is -1.37. The van der Waals surface area contributed by atoms with Gasteiger partial charge >= 0.3 is 0 Å². The minimum atomic E-state index is -0.551. The minimum Gasteiger partial charge on any atom is -0.455 e. The van der Waals surface area contributed by atoms with Gasteiger partial charge in [-0.1, -0.05) is 13.8 Å². The van der Waals surface area contributed by atoms with E-state index in [9.17, 15) is 9.90 Å². The summed E-state index contributed by atoms with van der Waals surface area (Å²) in [4.78, 5) is 14.8. The number of hydrogen-bond donors (Lipinski definition) is 2. The van der Waals surface area contributed by atoms with Crippen molar-refractivity contribution in [3.05, 3.63) is 22.6 Å². The molecule has 140 valence electrons. The average molecular weight is 350 g/mol. The number of ether oxygens (including phenoxy) is 1. The van der Waals surface area contributed by atoms with Gasteiger partial charge in [0.25, 0.3) is 5.91 Å². The summed E-state index contributed by atoms with van der Waals surface area (Å²) in [5.41, 5.74) is 1.59. The maximum Gasteiger partial charge on any atom is 0.287 e. The molecule has 1 aliphatic heterocycles. The Labute approximate surface area is 149 Å². The number of rotatable bonds is 5. The van der Waals surface area contributed by atoms with Gasteiger partial charge in [-0.15, -0.1) is 0 Å². The summed E-state index contributed by atoms with van der Waals surface area (Å²) in [5.74, 6) is 0.937. The molecule has 2 N–H and O–H groups in total. The monoisotopic (exact) mass is 350 g/mol. The van der Waals surface area contributed by atoms with Crippen molar-refractivity contribution in [2.45, 2.75) is 46.1 Å². The summed E-state index contributed by atoms with van der Waals surface area (Å²) in [6.07, 6.45) is 1.80. The molecular formula is C19H30N2O4. The summed E-state index contributed by atoms with van der Waals surface area (Å²) in [5, 5.41) is 13.4. The topological polar surface area (TPSA) is 74.9 Å². The summed E-state index contributed by atoms with van der Waals surface area (Å²) < 4.78 is 11.2. The molecule has 6 nitrogen and oxygen atoms in total. The highest BCUT2D eigenvalue weighted by Crippen LogP contribution is 2.43. The van der Waals surface area contributed by atoms with Crippen LogP contribution in [-0.2, 0) is 11.2 Å². The van der Waals surface area contributed by atoms with Crippen LogP contribution < -0.4 is 5.32 Å². The second-order valence-electron chi connectivity index (χ2n) is 8.02. The van der Waals surface area contributed by atoms with E-state index in [0.29, 0.717) is 18.7 Å². The molecule has 2 heterocycles. The van der Waals surface area contributed by atoms with Crippen LogP contribution >= 0.6 is 0 Å². The zero-order valence-electron chi connectivity index (χ0n) is 15.6. The van der Waals surface area contributed by atoms with Crippen molar-refractivity contribution in [3.8, 4) is 0 Å². The summed E-state index contributed by atoms with van der Waals surface area (Å²) in [7, 11) is 0. The lowest BCUT2D eigenvalue weighted by Gasteiger charge is -2.31. The van der Waals surface area contributed by atoms with Gasteiger partial charge < -0.3 is 19.6 Å². The lowest BCUT2D eigenvalue weighted by Crippen LogP contribution is -2.38. The van der Waals surface area contributed by atoms with Crippen LogP contribution in [0.4, 0.5) is 0 Å². The first-order valence-corrected chi connectivity index (χ1v) is 9.26. The number of carbonyl (C=O) groups is 1. The number of fused-ring (bicyclic) bond motifs is 1. The summed E-state index contributed by atoms with van der Waals surface area (Å²) >= 11 is 0. The van der Waals surface area contributed by atoms with Crippen molar-refractivity contribution in [1.29, 1.82) is 0 Å². The second kappa shape index (κ2) is 7.48. The van der Waals surface area contributed by atoms with Gasteiger partial charge in [0.2, 0.25) is 0 Å². The highest BCUT2D eigenvalue weighted by molar-refractivity contribution is 5.93. The van der Waals surface area contributed by atoms with Gasteiger partial charge in [0, 0.05) is 37.2 Å². The quantitative estimate of drug-likeness (QED) is 0.795. The third-order valence-electron chi connectivity index (χ3n) is 5.24. The van der Waals surface area contributed by atoms with Crippen LogP contribution in [0, 0.1) is 12.3 Å². The van der Waals surface area contributed by atoms with Gasteiger partial charge in [0.15, 0.2) is 5.76 Å². The molecule has 0 saturated carbocycles. The summed E-state index contributed by atoms with van der Waals surface area (Å²) in [6, 6.07) is 0. The van der Waals surface area contributed by atoms with Gasteiger partial charge in [-0.25, -0.2) is 0 Å². The van der Waals surface area contributed by atoms with E-state index in [1.54, 1.807) is 0 Å². The maximum atomic E-state index is 12.5. The number of aliphatic hydroxyl groups excluding tert-OH is 1. The number of aliphatic hydroxyl groups is 1. The van der Waals surface area contributed by atoms with Crippen molar-refractivity contribution in [1.82, 2.24) is 10.2 Å². The van der Waals surface area contributed by atoms with Gasteiger partial charge in [-0.2, -0.15) is 0 Å². The Morgan fingerprint density at radius 2 is 2.08 bits per heavy atom. The molecule has 1 aromatic rings. The Morgan fingerprint density at radius 3 is 2.80 bits per heavy atom. The lowest BCUT2D eigenvalue weighted by molar-refractivity contribution is 0.0374. The molecule has 6 heteroatoms. The smallest absolute Gasteiger partial charge is 0.287 e. The number of nitrogens with one attached hydrogen (secondary N) is 1.